The molecular weight excluding hydrogens is 449 g/mol. The SMILES string of the molecule is CCC(=O)N1CCN(c2ccccc2NC(=O)c2ccc(-c3cc(Cl)ccc3Cl)o2)CC1. The minimum Gasteiger partial charge on any atom is -0.451 e. The molecule has 0 radical (unpaired) electrons. The Kier molecular flexibility index (Phi) is 6.72. The molecule has 2 aromatic carbocycles. The number of para-hydroxylation sites is 2. The number of hydrogen-bond acceptors (Lipinski definition) is 4. The monoisotopic (exact) mass is 471 g/mol. The van der Waals surface area contributed by atoms with Crippen LogP contribution in [0.25, 0.3) is 11.3 Å². The van der Waals surface area contributed by atoms with Crippen LogP contribution in [0.5, 0.6) is 0 Å². The summed E-state index contributed by atoms with van der Waals surface area (Å²) in [6.45, 7) is 4.61. The lowest BCUT2D eigenvalue weighted by molar-refractivity contribution is -0.131. The van der Waals surface area contributed by atoms with Gasteiger partial charge in [-0.25, -0.2) is 0 Å². The van der Waals surface area contributed by atoms with Crippen molar-refractivity contribution in [2.45, 2.75) is 13.3 Å². The molecule has 4 rings (SSSR count). The van der Waals surface area contributed by atoms with E-state index in [4.69, 9.17) is 27.6 Å². The molecule has 32 heavy (non-hydrogen) atoms. The van der Waals surface area contributed by atoms with Crippen molar-refractivity contribution in [3.63, 3.8) is 0 Å². The van der Waals surface area contributed by atoms with Crippen molar-refractivity contribution >= 4 is 46.4 Å². The number of hydrogen-bond donors (Lipinski definition) is 1. The van der Waals surface area contributed by atoms with Crippen LogP contribution in [0.15, 0.2) is 59.0 Å². The molecule has 1 saturated heterocycles. The molecule has 0 saturated carbocycles. The third kappa shape index (κ3) is 4.76. The van der Waals surface area contributed by atoms with E-state index in [-0.39, 0.29) is 17.6 Å². The molecule has 1 aromatic heterocycles. The number of rotatable bonds is 5. The van der Waals surface area contributed by atoms with E-state index in [1.54, 1.807) is 30.3 Å². The molecule has 0 atom stereocenters. The molecule has 1 N–H and O–H groups in total. The predicted molar refractivity (Wildman–Crippen MR) is 128 cm³/mol. The molecule has 2 amide bonds. The van der Waals surface area contributed by atoms with Gasteiger partial charge in [0.2, 0.25) is 5.91 Å². The number of furan rings is 1. The highest BCUT2D eigenvalue weighted by Gasteiger charge is 2.23. The fourth-order valence-electron chi connectivity index (χ4n) is 3.75. The Labute approximate surface area is 196 Å². The smallest absolute Gasteiger partial charge is 0.291 e. The Bertz CT molecular complexity index is 1140. The highest BCUT2D eigenvalue weighted by molar-refractivity contribution is 6.35. The largest absolute Gasteiger partial charge is 0.451 e. The molecule has 0 aliphatic carbocycles. The Balaban J connectivity index is 1.49. The molecule has 2 heterocycles. The zero-order chi connectivity index (χ0) is 22.7. The highest BCUT2D eigenvalue weighted by Crippen LogP contribution is 2.32. The minimum absolute atomic E-state index is 0.166. The summed E-state index contributed by atoms with van der Waals surface area (Å²) < 4.78 is 5.76. The van der Waals surface area contributed by atoms with Crippen molar-refractivity contribution in [1.82, 2.24) is 4.90 Å². The molecule has 166 valence electrons. The fraction of sp³-hybridized carbons (Fsp3) is 0.250. The molecule has 0 bridgehead atoms. The van der Waals surface area contributed by atoms with Crippen molar-refractivity contribution in [2.24, 2.45) is 0 Å². The first-order chi connectivity index (χ1) is 15.5. The van der Waals surface area contributed by atoms with Gasteiger partial charge in [-0.3, -0.25) is 9.59 Å². The average molecular weight is 472 g/mol. The number of carbonyl (C=O) groups excluding carboxylic acids is 2. The first-order valence-corrected chi connectivity index (χ1v) is 11.2. The number of amides is 2. The molecule has 6 nitrogen and oxygen atoms in total. The van der Waals surface area contributed by atoms with Crippen molar-refractivity contribution in [1.29, 1.82) is 0 Å². The van der Waals surface area contributed by atoms with Crippen LogP contribution in [0, 0.1) is 0 Å². The molecule has 0 spiro atoms. The summed E-state index contributed by atoms with van der Waals surface area (Å²) in [5.41, 5.74) is 2.22. The maximum Gasteiger partial charge on any atom is 0.291 e. The van der Waals surface area contributed by atoms with Crippen LogP contribution in [0.2, 0.25) is 10.0 Å². The van der Waals surface area contributed by atoms with Crippen LogP contribution in [-0.2, 0) is 4.79 Å². The second-order valence-corrected chi connectivity index (χ2v) is 8.32. The fourth-order valence-corrected chi connectivity index (χ4v) is 4.13. The summed E-state index contributed by atoms with van der Waals surface area (Å²) in [5.74, 6) is 0.443. The first-order valence-electron chi connectivity index (χ1n) is 10.4. The summed E-state index contributed by atoms with van der Waals surface area (Å²) >= 11 is 12.3. The number of piperazine rings is 1. The van der Waals surface area contributed by atoms with Gasteiger partial charge < -0.3 is 19.5 Å². The Morgan fingerprint density at radius 2 is 1.75 bits per heavy atom. The van der Waals surface area contributed by atoms with E-state index in [1.165, 1.54) is 0 Å². The molecule has 8 heteroatoms. The third-order valence-corrected chi connectivity index (χ3v) is 6.02. The van der Waals surface area contributed by atoms with Crippen molar-refractivity contribution in [3.8, 4) is 11.3 Å². The average Bonchev–Trinajstić information content (AvgIpc) is 3.31. The van der Waals surface area contributed by atoms with Gasteiger partial charge in [0.25, 0.3) is 5.91 Å². The van der Waals surface area contributed by atoms with E-state index >= 15 is 0 Å². The third-order valence-electron chi connectivity index (χ3n) is 5.45. The standard InChI is InChI=1S/C24H23Cl2N3O3/c1-2-23(30)29-13-11-28(12-14-29)20-6-4-3-5-19(20)27-24(31)22-10-9-21(32-22)17-15-16(25)7-8-18(17)26/h3-10,15H,2,11-14H2,1H3,(H,27,31). The summed E-state index contributed by atoms with van der Waals surface area (Å²) in [6.07, 6.45) is 0.512. The topological polar surface area (TPSA) is 65.8 Å². The molecule has 1 fully saturated rings. The zero-order valence-electron chi connectivity index (χ0n) is 17.6. The van der Waals surface area contributed by atoms with E-state index in [2.05, 4.69) is 10.2 Å². The van der Waals surface area contributed by atoms with Gasteiger partial charge in [0.15, 0.2) is 5.76 Å². The lowest BCUT2D eigenvalue weighted by atomic mass is 10.2. The van der Waals surface area contributed by atoms with Crippen LogP contribution >= 0.6 is 23.2 Å². The van der Waals surface area contributed by atoms with Gasteiger partial charge in [-0.2, -0.15) is 0 Å². The Hall–Kier alpha value is -2.96. The van der Waals surface area contributed by atoms with E-state index in [0.29, 0.717) is 59.7 Å². The van der Waals surface area contributed by atoms with Crippen molar-refractivity contribution in [2.75, 3.05) is 36.4 Å². The molecule has 3 aromatic rings. The number of anilines is 2. The van der Waals surface area contributed by atoms with Gasteiger partial charge in [0.1, 0.15) is 5.76 Å². The number of nitrogens with zero attached hydrogens (tertiary/aromatic N) is 2. The Morgan fingerprint density at radius 1 is 1.00 bits per heavy atom. The number of nitrogens with one attached hydrogen (secondary N) is 1. The van der Waals surface area contributed by atoms with Crippen LogP contribution < -0.4 is 10.2 Å². The second-order valence-electron chi connectivity index (χ2n) is 7.48. The highest BCUT2D eigenvalue weighted by atomic mass is 35.5. The predicted octanol–water partition coefficient (Wildman–Crippen LogP) is 5.56. The van der Waals surface area contributed by atoms with Gasteiger partial charge >= 0.3 is 0 Å². The van der Waals surface area contributed by atoms with Gasteiger partial charge in [-0.15, -0.1) is 0 Å². The summed E-state index contributed by atoms with van der Waals surface area (Å²) in [7, 11) is 0. The first kappa shape index (κ1) is 22.2. The van der Waals surface area contributed by atoms with Gasteiger partial charge in [-0.05, 0) is 42.5 Å². The number of carbonyl (C=O) groups is 2. The number of benzene rings is 2. The van der Waals surface area contributed by atoms with Gasteiger partial charge in [-0.1, -0.05) is 42.3 Å². The summed E-state index contributed by atoms with van der Waals surface area (Å²) in [5, 5.41) is 3.96. The lowest BCUT2D eigenvalue weighted by Gasteiger charge is -2.36. The number of halogens is 2. The second kappa shape index (κ2) is 9.67. The van der Waals surface area contributed by atoms with E-state index in [9.17, 15) is 9.59 Å². The maximum atomic E-state index is 12.9. The van der Waals surface area contributed by atoms with Crippen molar-refractivity contribution in [3.05, 3.63) is 70.4 Å². The van der Waals surface area contributed by atoms with E-state index in [1.807, 2.05) is 36.1 Å². The van der Waals surface area contributed by atoms with Crippen LogP contribution in [0.4, 0.5) is 11.4 Å². The molecule has 1 aliphatic heterocycles. The van der Waals surface area contributed by atoms with Gasteiger partial charge in [0.05, 0.1) is 16.4 Å². The molecule has 0 unspecified atom stereocenters. The van der Waals surface area contributed by atoms with Crippen LogP contribution in [0.1, 0.15) is 23.9 Å². The van der Waals surface area contributed by atoms with Crippen LogP contribution in [0.3, 0.4) is 0 Å². The molecular formula is C24H23Cl2N3O3. The normalized spacial score (nSPS) is 13.8. The van der Waals surface area contributed by atoms with Crippen LogP contribution in [-0.4, -0.2) is 42.9 Å². The summed E-state index contributed by atoms with van der Waals surface area (Å²) in [4.78, 5) is 28.9. The quantitative estimate of drug-likeness (QED) is 0.528. The van der Waals surface area contributed by atoms with Gasteiger partial charge in [0, 0.05) is 43.2 Å². The zero-order valence-corrected chi connectivity index (χ0v) is 19.1. The molecule has 1 aliphatic rings. The lowest BCUT2D eigenvalue weighted by Crippen LogP contribution is -2.48. The van der Waals surface area contributed by atoms with E-state index in [0.717, 1.165) is 5.69 Å². The van der Waals surface area contributed by atoms with E-state index < -0.39 is 0 Å². The Morgan fingerprint density at radius 3 is 2.50 bits per heavy atom. The summed E-state index contributed by atoms with van der Waals surface area (Å²) in [6, 6.07) is 16.0. The maximum absolute atomic E-state index is 12.9. The minimum atomic E-state index is -0.360. The van der Waals surface area contributed by atoms with Crippen molar-refractivity contribution < 1.29 is 14.0 Å².